The normalized spacial score (nSPS) is 16.3. The zero-order valence-corrected chi connectivity index (χ0v) is 16.1. The van der Waals surface area contributed by atoms with Crippen molar-refractivity contribution in [2.24, 2.45) is 0 Å². The molecule has 0 unspecified atom stereocenters. The second-order valence-corrected chi connectivity index (χ2v) is 8.75. The molecule has 1 aliphatic heterocycles. The van der Waals surface area contributed by atoms with Gasteiger partial charge in [-0.1, -0.05) is 35.4 Å². The average molecular weight is 393 g/mol. The summed E-state index contributed by atoms with van der Waals surface area (Å²) in [7, 11) is -3.55. The fourth-order valence-corrected chi connectivity index (χ4v) is 4.66. The van der Waals surface area contributed by atoms with Crippen LogP contribution in [0.1, 0.15) is 22.3 Å². The van der Waals surface area contributed by atoms with Gasteiger partial charge in [0.25, 0.3) is 5.91 Å². The lowest BCUT2D eigenvalue weighted by atomic mass is 10.2. The molecule has 26 heavy (non-hydrogen) atoms. The first-order valence-electron chi connectivity index (χ1n) is 8.49. The third kappa shape index (κ3) is 4.09. The third-order valence-electron chi connectivity index (χ3n) is 4.47. The molecule has 1 fully saturated rings. The molecule has 0 bridgehead atoms. The van der Waals surface area contributed by atoms with Gasteiger partial charge in [-0.3, -0.25) is 4.79 Å². The highest BCUT2D eigenvalue weighted by Crippen LogP contribution is 2.19. The molecule has 2 aromatic carbocycles. The summed E-state index contributed by atoms with van der Waals surface area (Å²) in [5.74, 6) is -0.123. The summed E-state index contributed by atoms with van der Waals surface area (Å²) < 4.78 is 27.2. The van der Waals surface area contributed by atoms with Crippen molar-refractivity contribution in [1.82, 2.24) is 9.21 Å². The lowest BCUT2D eigenvalue weighted by Crippen LogP contribution is -2.37. The molecular weight excluding hydrogens is 372 g/mol. The predicted molar refractivity (Wildman–Crippen MR) is 102 cm³/mol. The van der Waals surface area contributed by atoms with Gasteiger partial charge in [0, 0.05) is 36.8 Å². The Morgan fingerprint density at radius 1 is 1.00 bits per heavy atom. The molecule has 138 valence electrons. The molecule has 0 aromatic heterocycles. The van der Waals surface area contributed by atoms with E-state index in [4.69, 9.17) is 11.6 Å². The van der Waals surface area contributed by atoms with Gasteiger partial charge in [0.05, 0.1) is 4.90 Å². The zero-order chi connectivity index (χ0) is 18.7. The van der Waals surface area contributed by atoms with Crippen LogP contribution in [0, 0.1) is 6.92 Å². The second kappa shape index (κ2) is 7.78. The molecule has 2 aromatic rings. The van der Waals surface area contributed by atoms with Gasteiger partial charge < -0.3 is 4.90 Å². The Bertz CT molecular complexity index is 897. The van der Waals surface area contributed by atoms with Crippen LogP contribution in [0.3, 0.4) is 0 Å². The summed E-state index contributed by atoms with van der Waals surface area (Å²) in [5.41, 5.74) is 1.53. The summed E-state index contributed by atoms with van der Waals surface area (Å²) in [5, 5.41) is 0.509. The van der Waals surface area contributed by atoms with Gasteiger partial charge in [-0.05, 0) is 43.7 Å². The van der Waals surface area contributed by atoms with Gasteiger partial charge in [0.15, 0.2) is 0 Å². The number of nitrogens with zero attached hydrogens (tertiary/aromatic N) is 2. The Balaban J connectivity index is 1.73. The number of aryl methyl sites for hydroxylation is 1. The summed E-state index contributed by atoms with van der Waals surface area (Å²) >= 11 is 5.96. The fourth-order valence-electron chi connectivity index (χ4n) is 3.00. The van der Waals surface area contributed by atoms with E-state index < -0.39 is 10.0 Å². The highest BCUT2D eigenvalue weighted by Gasteiger charge is 2.28. The Hall–Kier alpha value is -1.89. The number of rotatable bonds is 3. The van der Waals surface area contributed by atoms with Crippen LogP contribution in [-0.2, 0) is 10.0 Å². The van der Waals surface area contributed by atoms with E-state index in [2.05, 4.69) is 0 Å². The number of halogens is 1. The molecule has 1 aliphatic rings. The van der Waals surface area contributed by atoms with Gasteiger partial charge in [0.1, 0.15) is 0 Å². The highest BCUT2D eigenvalue weighted by molar-refractivity contribution is 7.89. The van der Waals surface area contributed by atoms with Gasteiger partial charge in [-0.25, -0.2) is 8.42 Å². The molecule has 1 amide bonds. The van der Waals surface area contributed by atoms with Crippen LogP contribution in [0.25, 0.3) is 0 Å². The van der Waals surface area contributed by atoms with Crippen molar-refractivity contribution in [2.45, 2.75) is 18.2 Å². The molecule has 0 radical (unpaired) electrons. The molecular formula is C19H21ClN2O3S. The van der Waals surface area contributed by atoms with Crippen molar-refractivity contribution < 1.29 is 13.2 Å². The third-order valence-corrected chi connectivity index (χ3v) is 6.62. The van der Waals surface area contributed by atoms with Crippen LogP contribution in [0.4, 0.5) is 0 Å². The lowest BCUT2D eigenvalue weighted by Gasteiger charge is -2.22. The molecule has 1 heterocycles. The van der Waals surface area contributed by atoms with Gasteiger partial charge >= 0.3 is 0 Å². The van der Waals surface area contributed by atoms with E-state index in [9.17, 15) is 13.2 Å². The Morgan fingerprint density at radius 3 is 2.42 bits per heavy atom. The van der Waals surface area contributed by atoms with E-state index in [0.717, 1.165) is 5.56 Å². The maximum Gasteiger partial charge on any atom is 0.253 e. The number of carbonyl (C=O) groups is 1. The van der Waals surface area contributed by atoms with E-state index in [1.165, 1.54) is 4.31 Å². The van der Waals surface area contributed by atoms with Gasteiger partial charge in [-0.2, -0.15) is 4.31 Å². The van der Waals surface area contributed by atoms with Crippen LogP contribution in [0.2, 0.25) is 5.02 Å². The minimum atomic E-state index is -3.55. The molecule has 0 saturated carbocycles. The van der Waals surface area contributed by atoms with Crippen molar-refractivity contribution in [2.75, 3.05) is 26.2 Å². The van der Waals surface area contributed by atoms with Crippen molar-refractivity contribution >= 4 is 27.5 Å². The van der Waals surface area contributed by atoms with Crippen molar-refractivity contribution in [3.8, 4) is 0 Å². The first kappa shape index (κ1) is 18.9. The first-order valence-corrected chi connectivity index (χ1v) is 10.3. The minimum Gasteiger partial charge on any atom is -0.337 e. The molecule has 1 saturated heterocycles. The minimum absolute atomic E-state index is 0.123. The van der Waals surface area contributed by atoms with Crippen LogP contribution < -0.4 is 0 Å². The Labute approximate surface area is 159 Å². The maximum atomic E-state index is 12.8. The van der Waals surface area contributed by atoms with Gasteiger partial charge in [0.2, 0.25) is 10.0 Å². The van der Waals surface area contributed by atoms with Crippen molar-refractivity contribution in [3.63, 3.8) is 0 Å². The fraction of sp³-hybridized carbons (Fsp3) is 0.316. The van der Waals surface area contributed by atoms with E-state index in [1.54, 1.807) is 53.4 Å². The number of amides is 1. The topological polar surface area (TPSA) is 57.7 Å². The number of benzene rings is 2. The summed E-state index contributed by atoms with van der Waals surface area (Å²) in [6, 6.07) is 13.7. The zero-order valence-electron chi connectivity index (χ0n) is 14.6. The number of carbonyl (C=O) groups excluding carboxylic acids is 1. The van der Waals surface area contributed by atoms with Crippen LogP contribution in [0.15, 0.2) is 53.4 Å². The molecule has 3 rings (SSSR count). The number of sulfonamides is 1. The van der Waals surface area contributed by atoms with E-state index in [-0.39, 0.29) is 17.3 Å². The number of hydrogen-bond donors (Lipinski definition) is 0. The summed E-state index contributed by atoms with van der Waals surface area (Å²) in [6.45, 7) is 3.47. The largest absolute Gasteiger partial charge is 0.337 e. The van der Waals surface area contributed by atoms with E-state index in [1.807, 2.05) is 6.92 Å². The van der Waals surface area contributed by atoms with E-state index in [0.29, 0.717) is 36.6 Å². The second-order valence-electron chi connectivity index (χ2n) is 6.37. The maximum absolute atomic E-state index is 12.8. The van der Waals surface area contributed by atoms with E-state index >= 15 is 0 Å². The standard InChI is InChI=1S/C19H21ClN2O3S/c1-15-6-8-18(9-7-15)26(24,25)22-11-3-10-21(12-13-22)19(23)16-4-2-5-17(20)14-16/h2,4-9,14H,3,10-13H2,1H3. The monoisotopic (exact) mass is 392 g/mol. The number of hydrogen-bond acceptors (Lipinski definition) is 3. The molecule has 7 heteroatoms. The molecule has 0 aliphatic carbocycles. The quantitative estimate of drug-likeness (QED) is 0.806. The molecule has 0 N–H and O–H groups in total. The van der Waals surface area contributed by atoms with Crippen LogP contribution in [0.5, 0.6) is 0 Å². The SMILES string of the molecule is Cc1ccc(S(=O)(=O)N2CCCN(C(=O)c3cccc(Cl)c3)CC2)cc1. The Kier molecular flexibility index (Phi) is 5.65. The Morgan fingerprint density at radius 2 is 1.73 bits per heavy atom. The van der Waals surface area contributed by atoms with Crippen LogP contribution in [-0.4, -0.2) is 49.7 Å². The van der Waals surface area contributed by atoms with Crippen LogP contribution >= 0.6 is 11.6 Å². The highest BCUT2D eigenvalue weighted by atomic mass is 35.5. The molecule has 0 spiro atoms. The van der Waals surface area contributed by atoms with Crippen molar-refractivity contribution in [1.29, 1.82) is 0 Å². The molecule has 0 atom stereocenters. The predicted octanol–water partition coefficient (Wildman–Crippen LogP) is 3.19. The summed E-state index contributed by atoms with van der Waals surface area (Å²) in [6.07, 6.45) is 0.595. The molecule has 5 nitrogen and oxygen atoms in total. The first-order chi connectivity index (χ1) is 12.4. The smallest absolute Gasteiger partial charge is 0.253 e. The summed E-state index contributed by atoms with van der Waals surface area (Å²) in [4.78, 5) is 14.6. The van der Waals surface area contributed by atoms with Gasteiger partial charge in [-0.15, -0.1) is 0 Å². The lowest BCUT2D eigenvalue weighted by molar-refractivity contribution is 0.0764. The van der Waals surface area contributed by atoms with Crippen molar-refractivity contribution in [3.05, 3.63) is 64.7 Å². The average Bonchev–Trinajstić information content (AvgIpc) is 2.88.